The lowest BCUT2D eigenvalue weighted by Crippen LogP contribution is -2.43. The van der Waals surface area contributed by atoms with E-state index < -0.39 is 12.0 Å². The monoisotopic (exact) mass is 390 g/mol. The maximum atomic E-state index is 12.4. The molecule has 0 saturated carbocycles. The molecule has 0 aliphatic heterocycles. The molecule has 3 aromatic rings. The van der Waals surface area contributed by atoms with Gasteiger partial charge in [0.15, 0.2) is 0 Å². The number of aromatic nitrogens is 1. The van der Waals surface area contributed by atoms with Crippen molar-refractivity contribution in [3.8, 4) is 5.75 Å². The Hall–Kier alpha value is -3.67. The summed E-state index contributed by atoms with van der Waals surface area (Å²) >= 11 is 0. The fourth-order valence-corrected chi connectivity index (χ4v) is 2.77. The number of esters is 1. The number of nitrogens with zero attached hydrogens (tertiary/aromatic N) is 1. The molecule has 0 aliphatic carbocycles. The van der Waals surface area contributed by atoms with Crippen LogP contribution in [0.25, 0.3) is 0 Å². The number of benzene rings is 2. The topological polar surface area (TPSA) is 77.5 Å². The summed E-state index contributed by atoms with van der Waals surface area (Å²) in [5.74, 6) is -0.158. The molecule has 0 bridgehead atoms. The lowest BCUT2D eigenvalue weighted by molar-refractivity contribution is -0.142. The normalized spacial score (nSPS) is 11.3. The molecule has 29 heavy (non-hydrogen) atoms. The molecule has 0 unspecified atom stereocenters. The number of rotatable bonds is 8. The molecule has 0 fully saturated rings. The molecule has 0 spiro atoms. The van der Waals surface area contributed by atoms with Gasteiger partial charge in [0.25, 0.3) is 5.91 Å². The molecule has 1 atom stereocenters. The first-order valence-corrected chi connectivity index (χ1v) is 9.20. The summed E-state index contributed by atoms with van der Waals surface area (Å²) in [6.45, 7) is 0.478. The van der Waals surface area contributed by atoms with Gasteiger partial charge >= 0.3 is 5.97 Å². The summed E-state index contributed by atoms with van der Waals surface area (Å²) in [7, 11) is 1.30. The third kappa shape index (κ3) is 5.90. The van der Waals surface area contributed by atoms with Crippen molar-refractivity contribution in [2.24, 2.45) is 0 Å². The predicted octanol–water partition coefficient (Wildman–Crippen LogP) is 3.17. The van der Waals surface area contributed by atoms with Crippen molar-refractivity contribution in [2.45, 2.75) is 19.1 Å². The Morgan fingerprint density at radius 3 is 2.38 bits per heavy atom. The first kappa shape index (κ1) is 20.1. The van der Waals surface area contributed by atoms with E-state index in [1.807, 2.05) is 54.6 Å². The molecule has 1 aromatic heterocycles. The van der Waals surface area contributed by atoms with Gasteiger partial charge in [-0.15, -0.1) is 0 Å². The van der Waals surface area contributed by atoms with Crippen molar-refractivity contribution in [1.82, 2.24) is 10.3 Å². The van der Waals surface area contributed by atoms with Crippen molar-refractivity contribution in [2.75, 3.05) is 7.11 Å². The summed E-state index contributed by atoms with van der Waals surface area (Å²) in [6.07, 6.45) is 3.33. The molecule has 1 amide bonds. The molecule has 1 heterocycles. The standard InChI is InChI=1S/C23H22N2O4/c1-28-23(27)21(25-22(26)19-8-5-13-24-15-19)14-17-9-11-20(12-10-17)29-16-18-6-3-2-4-7-18/h2-13,15,21H,14,16H2,1H3,(H,25,26)/t21-/m0/s1. The van der Waals surface area contributed by atoms with Crippen molar-refractivity contribution >= 4 is 11.9 Å². The van der Waals surface area contributed by atoms with Gasteiger partial charge in [0, 0.05) is 18.8 Å². The zero-order valence-corrected chi connectivity index (χ0v) is 16.1. The first-order valence-electron chi connectivity index (χ1n) is 9.20. The number of hydrogen-bond acceptors (Lipinski definition) is 5. The molecule has 3 rings (SSSR count). The van der Waals surface area contributed by atoms with Gasteiger partial charge in [-0.2, -0.15) is 0 Å². The number of carbonyl (C=O) groups is 2. The van der Waals surface area contributed by atoms with Crippen LogP contribution in [0.3, 0.4) is 0 Å². The van der Waals surface area contributed by atoms with E-state index in [-0.39, 0.29) is 5.91 Å². The van der Waals surface area contributed by atoms with E-state index >= 15 is 0 Å². The van der Waals surface area contributed by atoms with Gasteiger partial charge in [-0.05, 0) is 35.4 Å². The Balaban J connectivity index is 1.61. The summed E-state index contributed by atoms with van der Waals surface area (Å²) in [4.78, 5) is 28.4. The number of methoxy groups -OCH3 is 1. The van der Waals surface area contributed by atoms with Crippen molar-refractivity contribution in [1.29, 1.82) is 0 Å². The van der Waals surface area contributed by atoms with E-state index in [1.165, 1.54) is 13.3 Å². The molecular weight excluding hydrogens is 368 g/mol. The number of hydrogen-bond donors (Lipinski definition) is 1. The second kappa shape index (κ2) is 10.0. The van der Waals surface area contributed by atoms with E-state index in [9.17, 15) is 9.59 Å². The van der Waals surface area contributed by atoms with Crippen LogP contribution in [-0.4, -0.2) is 30.0 Å². The van der Waals surface area contributed by atoms with E-state index in [2.05, 4.69) is 10.3 Å². The first-order chi connectivity index (χ1) is 14.2. The van der Waals surface area contributed by atoms with Crippen molar-refractivity contribution in [3.05, 3.63) is 95.8 Å². The van der Waals surface area contributed by atoms with Crippen LogP contribution in [0.5, 0.6) is 5.75 Å². The summed E-state index contributed by atoms with van der Waals surface area (Å²) in [6, 6.07) is 19.8. The molecule has 0 radical (unpaired) electrons. The van der Waals surface area contributed by atoms with Crippen LogP contribution in [0.4, 0.5) is 0 Å². The maximum Gasteiger partial charge on any atom is 0.328 e. The van der Waals surface area contributed by atoms with Crippen LogP contribution in [-0.2, 0) is 22.6 Å². The summed E-state index contributed by atoms with van der Waals surface area (Å²) < 4.78 is 10.6. The number of carbonyl (C=O) groups excluding carboxylic acids is 2. The van der Waals surface area contributed by atoms with Gasteiger partial charge in [0.1, 0.15) is 18.4 Å². The second-order valence-electron chi connectivity index (χ2n) is 6.41. The van der Waals surface area contributed by atoms with Crippen LogP contribution in [0.15, 0.2) is 79.1 Å². The third-order valence-electron chi connectivity index (χ3n) is 4.33. The molecular formula is C23H22N2O4. The third-order valence-corrected chi connectivity index (χ3v) is 4.33. The minimum Gasteiger partial charge on any atom is -0.489 e. The zero-order valence-electron chi connectivity index (χ0n) is 16.1. The van der Waals surface area contributed by atoms with Gasteiger partial charge in [-0.25, -0.2) is 4.79 Å². The van der Waals surface area contributed by atoms with Crippen molar-refractivity contribution < 1.29 is 19.1 Å². The molecule has 6 heteroatoms. The van der Waals surface area contributed by atoms with Gasteiger partial charge in [-0.1, -0.05) is 42.5 Å². The largest absolute Gasteiger partial charge is 0.489 e. The molecule has 148 valence electrons. The Kier molecular flexibility index (Phi) is 6.95. The van der Waals surface area contributed by atoms with Crippen LogP contribution < -0.4 is 10.1 Å². The highest BCUT2D eigenvalue weighted by atomic mass is 16.5. The van der Waals surface area contributed by atoms with Crippen LogP contribution in [0.2, 0.25) is 0 Å². The minimum absolute atomic E-state index is 0.303. The fraction of sp³-hybridized carbons (Fsp3) is 0.174. The van der Waals surface area contributed by atoms with Crippen LogP contribution in [0.1, 0.15) is 21.5 Å². The lowest BCUT2D eigenvalue weighted by atomic mass is 10.1. The highest BCUT2D eigenvalue weighted by Crippen LogP contribution is 2.16. The van der Waals surface area contributed by atoms with Gasteiger partial charge in [0.2, 0.25) is 0 Å². The van der Waals surface area contributed by atoms with Crippen LogP contribution >= 0.6 is 0 Å². The number of nitrogens with one attached hydrogen (secondary N) is 1. The van der Waals surface area contributed by atoms with E-state index in [1.54, 1.807) is 18.3 Å². The Morgan fingerprint density at radius 1 is 0.966 bits per heavy atom. The van der Waals surface area contributed by atoms with E-state index in [0.29, 0.717) is 18.6 Å². The highest BCUT2D eigenvalue weighted by molar-refractivity contribution is 5.96. The average molecular weight is 390 g/mol. The Morgan fingerprint density at radius 2 is 1.72 bits per heavy atom. The molecule has 6 nitrogen and oxygen atoms in total. The number of ether oxygens (including phenoxy) is 2. The SMILES string of the molecule is COC(=O)[C@H](Cc1ccc(OCc2ccccc2)cc1)NC(=O)c1cccnc1. The average Bonchev–Trinajstić information content (AvgIpc) is 2.78. The van der Waals surface area contributed by atoms with Gasteiger partial charge < -0.3 is 14.8 Å². The quantitative estimate of drug-likeness (QED) is 0.598. The number of pyridine rings is 1. The Labute approximate surface area is 169 Å². The minimum atomic E-state index is -0.802. The van der Waals surface area contributed by atoms with E-state index in [0.717, 1.165) is 16.9 Å². The number of amides is 1. The van der Waals surface area contributed by atoms with Gasteiger partial charge in [-0.3, -0.25) is 9.78 Å². The van der Waals surface area contributed by atoms with Gasteiger partial charge in [0.05, 0.1) is 12.7 Å². The summed E-state index contributed by atoms with van der Waals surface area (Å²) in [5, 5.41) is 2.71. The molecule has 0 aliphatic rings. The maximum absolute atomic E-state index is 12.4. The van der Waals surface area contributed by atoms with E-state index in [4.69, 9.17) is 9.47 Å². The summed E-state index contributed by atoms with van der Waals surface area (Å²) in [5.41, 5.74) is 2.34. The second-order valence-corrected chi connectivity index (χ2v) is 6.41. The zero-order chi connectivity index (χ0) is 20.5. The predicted molar refractivity (Wildman–Crippen MR) is 108 cm³/mol. The van der Waals surface area contributed by atoms with Crippen LogP contribution in [0, 0.1) is 0 Å². The molecule has 2 aromatic carbocycles. The fourth-order valence-electron chi connectivity index (χ4n) is 2.77. The highest BCUT2D eigenvalue weighted by Gasteiger charge is 2.22. The molecule has 0 saturated heterocycles. The smallest absolute Gasteiger partial charge is 0.328 e. The Bertz CT molecular complexity index is 928. The molecule has 1 N–H and O–H groups in total. The van der Waals surface area contributed by atoms with Crippen molar-refractivity contribution in [3.63, 3.8) is 0 Å². The lowest BCUT2D eigenvalue weighted by Gasteiger charge is -2.17.